The third-order valence-corrected chi connectivity index (χ3v) is 4.33. The van der Waals surface area contributed by atoms with Crippen molar-refractivity contribution in [2.75, 3.05) is 10.3 Å². The molecule has 4 amide bonds. The number of hydrogen-bond donors (Lipinski definition) is 2. The third-order valence-electron chi connectivity index (χ3n) is 4.02. The number of anilines is 2. The fourth-order valence-corrected chi connectivity index (χ4v) is 2.93. The molecule has 0 aliphatic carbocycles. The molecule has 2 aromatic rings. The summed E-state index contributed by atoms with van der Waals surface area (Å²) in [6.07, 6.45) is 0.273. The van der Waals surface area contributed by atoms with Crippen molar-refractivity contribution in [3.63, 3.8) is 0 Å². The molecule has 0 aromatic heterocycles. The predicted molar refractivity (Wildman–Crippen MR) is 104 cm³/mol. The van der Waals surface area contributed by atoms with Gasteiger partial charge in [0.25, 0.3) is 11.8 Å². The Labute approximate surface area is 165 Å². The number of carbonyl (C=O) groups excluding carboxylic acids is 3. The smallest absolute Gasteiger partial charge is 0.307 e. The zero-order valence-corrected chi connectivity index (χ0v) is 15.8. The van der Waals surface area contributed by atoms with Crippen LogP contribution in [0.5, 0.6) is 0 Å². The molecule has 28 heavy (non-hydrogen) atoms. The summed E-state index contributed by atoms with van der Waals surface area (Å²) in [6.45, 7) is 3.52. The molecule has 0 radical (unpaired) electrons. The molecular weight excluding hydrogens is 387 g/mol. The SMILES string of the molecule is CC1=NN(c2ccc(NC(=O)NC(=O)c3ccc(F)cc3Cl)c(C)c2)C(=O)C1. The normalized spacial score (nSPS) is 13.4. The molecule has 0 atom stereocenters. The molecule has 0 spiro atoms. The Hall–Kier alpha value is -3.26. The first kappa shape index (κ1) is 19.5. The third kappa shape index (κ3) is 4.17. The minimum absolute atomic E-state index is 0.0222. The molecule has 3 rings (SSSR count). The van der Waals surface area contributed by atoms with Crippen LogP contribution < -0.4 is 15.6 Å². The molecule has 1 aliphatic rings. The van der Waals surface area contributed by atoms with Crippen molar-refractivity contribution in [2.45, 2.75) is 20.3 Å². The number of carbonyl (C=O) groups is 3. The van der Waals surface area contributed by atoms with Crippen LogP contribution in [-0.2, 0) is 4.79 Å². The van der Waals surface area contributed by atoms with Crippen molar-refractivity contribution in [2.24, 2.45) is 5.10 Å². The Morgan fingerprint density at radius 3 is 2.54 bits per heavy atom. The van der Waals surface area contributed by atoms with E-state index in [1.807, 2.05) is 0 Å². The highest BCUT2D eigenvalue weighted by Gasteiger charge is 2.23. The van der Waals surface area contributed by atoms with Crippen LogP contribution >= 0.6 is 11.6 Å². The second-order valence-corrected chi connectivity index (χ2v) is 6.66. The Morgan fingerprint density at radius 2 is 1.93 bits per heavy atom. The molecule has 2 aromatic carbocycles. The Kier molecular flexibility index (Phi) is 5.41. The zero-order chi connectivity index (χ0) is 20.4. The van der Waals surface area contributed by atoms with E-state index in [2.05, 4.69) is 15.7 Å². The lowest BCUT2D eigenvalue weighted by Crippen LogP contribution is -2.34. The van der Waals surface area contributed by atoms with Gasteiger partial charge in [0.05, 0.1) is 22.7 Å². The maximum atomic E-state index is 13.1. The molecule has 0 saturated heterocycles. The largest absolute Gasteiger partial charge is 0.326 e. The highest BCUT2D eigenvalue weighted by atomic mass is 35.5. The second-order valence-electron chi connectivity index (χ2n) is 6.25. The number of urea groups is 1. The number of benzene rings is 2. The average molecular weight is 403 g/mol. The van der Waals surface area contributed by atoms with Gasteiger partial charge >= 0.3 is 6.03 Å². The average Bonchev–Trinajstić information content (AvgIpc) is 2.94. The van der Waals surface area contributed by atoms with Gasteiger partial charge in [-0.25, -0.2) is 14.2 Å². The molecule has 1 heterocycles. The van der Waals surface area contributed by atoms with E-state index >= 15 is 0 Å². The van der Waals surface area contributed by atoms with E-state index in [4.69, 9.17) is 11.6 Å². The van der Waals surface area contributed by atoms with E-state index < -0.39 is 17.8 Å². The quantitative estimate of drug-likeness (QED) is 0.816. The summed E-state index contributed by atoms with van der Waals surface area (Å²) < 4.78 is 13.1. The van der Waals surface area contributed by atoms with Gasteiger partial charge < -0.3 is 5.32 Å². The minimum Gasteiger partial charge on any atom is -0.307 e. The number of nitrogens with one attached hydrogen (secondary N) is 2. The fourth-order valence-electron chi connectivity index (χ4n) is 2.67. The lowest BCUT2D eigenvalue weighted by molar-refractivity contribution is -0.116. The van der Waals surface area contributed by atoms with Crippen LogP contribution in [0, 0.1) is 12.7 Å². The van der Waals surface area contributed by atoms with E-state index in [0.29, 0.717) is 16.9 Å². The van der Waals surface area contributed by atoms with Crippen LogP contribution in [-0.4, -0.2) is 23.6 Å². The van der Waals surface area contributed by atoms with Crippen molar-refractivity contribution in [3.8, 4) is 0 Å². The molecule has 0 bridgehead atoms. The monoisotopic (exact) mass is 402 g/mol. The van der Waals surface area contributed by atoms with Crippen LogP contribution in [0.2, 0.25) is 5.02 Å². The first-order valence-electron chi connectivity index (χ1n) is 8.29. The number of imide groups is 1. The van der Waals surface area contributed by atoms with Crippen LogP contribution in [0.15, 0.2) is 41.5 Å². The van der Waals surface area contributed by atoms with Crippen molar-refractivity contribution in [3.05, 3.63) is 58.4 Å². The summed E-state index contributed by atoms with van der Waals surface area (Å²) in [4.78, 5) is 36.2. The lowest BCUT2D eigenvalue weighted by atomic mass is 10.1. The lowest BCUT2D eigenvalue weighted by Gasteiger charge is -2.15. The molecule has 2 N–H and O–H groups in total. The molecule has 0 fully saturated rings. The Balaban J connectivity index is 1.69. The van der Waals surface area contributed by atoms with E-state index in [0.717, 1.165) is 17.8 Å². The number of hydrogen-bond acceptors (Lipinski definition) is 4. The summed E-state index contributed by atoms with van der Waals surface area (Å²) >= 11 is 5.82. The predicted octanol–water partition coefficient (Wildman–Crippen LogP) is 3.86. The van der Waals surface area contributed by atoms with Gasteiger partial charge in [-0.2, -0.15) is 5.10 Å². The summed E-state index contributed by atoms with van der Waals surface area (Å²) in [5, 5.41) is 10.1. The topological polar surface area (TPSA) is 90.9 Å². The Bertz CT molecular complexity index is 1020. The molecule has 1 aliphatic heterocycles. The van der Waals surface area contributed by atoms with Crippen molar-refractivity contribution < 1.29 is 18.8 Å². The number of amides is 4. The van der Waals surface area contributed by atoms with Gasteiger partial charge in [-0.15, -0.1) is 0 Å². The van der Waals surface area contributed by atoms with Crippen LogP contribution in [0.3, 0.4) is 0 Å². The van der Waals surface area contributed by atoms with Gasteiger partial charge in [0.1, 0.15) is 5.82 Å². The number of rotatable bonds is 3. The Morgan fingerprint density at radius 1 is 1.18 bits per heavy atom. The highest BCUT2D eigenvalue weighted by Crippen LogP contribution is 2.26. The first-order valence-corrected chi connectivity index (χ1v) is 8.67. The number of halogens is 2. The molecule has 0 unspecified atom stereocenters. The maximum Gasteiger partial charge on any atom is 0.326 e. The van der Waals surface area contributed by atoms with E-state index in [1.165, 1.54) is 11.1 Å². The van der Waals surface area contributed by atoms with Crippen LogP contribution in [0.1, 0.15) is 29.3 Å². The highest BCUT2D eigenvalue weighted by molar-refractivity contribution is 6.34. The van der Waals surface area contributed by atoms with E-state index in [-0.39, 0.29) is 22.9 Å². The van der Waals surface area contributed by atoms with Crippen LogP contribution in [0.25, 0.3) is 0 Å². The van der Waals surface area contributed by atoms with Gasteiger partial charge in [0.15, 0.2) is 0 Å². The van der Waals surface area contributed by atoms with Gasteiger partial charge in [-0.05, 0) is 55.8 Å². The summed E-state index contributed by atoms with van der Waals surface area (Å²) in [5.41, 5.74) is 2.41. The molecular formula is C19H16ClFN4O3. The van der Waals surface area contributed by atoms with Gasteiger partial charge in [0, 0.05) is 11.4 Å². The van der Waals surface area contributed by atoms with E-state index in [9.17, 15) is 18.8 Å². The molecule has 7 nitrogen and oxygen atoms in total. The summed E-state index contributed by atoms with van der Waals surface area (Å²) in [5.74, 6) is -1.47. The second kappa shape index (κ2) is 7.77. The number of aryl methyl sites for hydroxylation is 1. The summed E-state index contributed by atoms with van der Waals surface area (Å²) in [7, 11) is 0. The fraction of sp³-hybridized carbons (Fsp3) is 0.158. The standard InChI is InChI=1S/C19H16ClFN4O3/c1-10-7-13(25-17(26)8-11(2)24-25)4-6-16(10)22-19(28)23-18(27)14-5-3-12(21)9-15(14)20/h3-7,9H,8H2,1-2H3,(H2,22,23,27,28). The van der Waals surface area contributed by atoms with Gasteiger partial charge in [-0.1, -0.05) is 11.6 Å². The van der Waals surface area contributed by atoms with Crippen LogP contribution in [0.4, 0.5) is 20.6 Å². The maximum absolute atomic E-state index is 13.1. The van der Waals surface area contributed by atoms with Gasteiger partial charge in [0.2, 0.25) is 0 Å². The minimum atomic E-state index is -0.771. The zero-order valence-electron chi connectivity index (χ0n) is 15.0. The molecule has 144 valence electrons. The van der Waals surface area contributed by atoms with Crippen molar-refractivity contribution >= 4 is 46.5 Å². The van der Waals surface area contributed by atoms with Gasteiger partial charge in [-0.3, -0.25) is 14.9 Å². The number of hydrazone groups is 1. The molecule has 0 saturated carbocycles. The number of nitrogens with zero attached hydrogens (tertiary/aromatic N) is 2. The van der Waals surface area contributed by atoms with Crippen molar-refractivity contribution in [1.29, 1.82) is 0 Å². The van der Waals surface area contributed by atoms with Crippen molar-refractivity contribution in [1.82, 2.24) is 5.32 Å². The summed E-state index contributed by atoms with van der Waals surface area (Å²) in [6, 6.07) is 7.43. The first-order chi connectivity index (χ1) is 13.2. The molecule has 9 heteroatoms. The van der Waals surface area contributed by atoms with E-state index in [1.54, 1.807) is 32.0 Å².